The molecule has 5 heteroatoms. The predicted octanol–water partition coefficient (Wildman–Crippen LogP) is 5.51. The third-order valence-corrected chi connectivity index (χ3v) is 4.66. The molecule has 1 N–H and O–H groups in total. The molecule has 0 saturated carbocycles. The van der Waals surface area contributed by atoms with Gasteiger partial charge < -0.3 is 10.1 Å². The zero-order valence-corrected chi connectivity index (χ0v) is 14.2. The number of benzene rings is 2. The molecular formula is C16H15BrN2OS. The van der Waals surface area contributed by atoms with Crippen molar-refractivity contribution in [1.82, 2.24) is 4.98 Å². The minimum atomic E-state index is 0.672. The first-order chi connectivity index (χ1) is 10.2. The Morgan fingerprint density at radius 3 is 2.90 bits per heavy atom. The van der Waals surface area contributed by atoms with Gasteiger partial charge in [0.2, 0.25) is 0 Å². The van der Waals surface area contributed by atoms with Crippen LogP contribution in [0.15, 0.2) is 40.9 Å². The zero-order chi connectivity index (χ0) is 14.8. The van der Waals surface area contributed by atoms with Gasteiger partial charge in [0.05, 0.1) is 22.5 Å². The van der Waals surface area contributed by atoms with E-state index in [9.17, 15) is 0 Å². The first-order valence-corrected chi connectivity index (χ1v) is 8.33. The van der Waals surface area contributed by atoms with Crippen LogP contribution >= 0.6 is 27.3 Å². The molecule has 0 aliphatic rings. The molecule has 0 fully saturated rings. The molecule has 1 heterocycles. The van der Waals surface area contributed by atoms with E-state index >= 15 is 0 Å². The topological polar surface area (TPSA) is 34.1 Å². The number of hydrogen-bond acceptors (Lipinski definition) is 4. The van der Waals surface area contributed by atoms with E-state index in [2.05, 4.69) is 45.3 Å². The van der Waals surface area contributed by atoms with Crippen molar-refractivity contribution in [3.05, 3.63) is 46.4 Å². The van der Waals surface area contributed by atoms with Crippen LogP contribution < -0.4 is 10.1 Å². The number of rotatable bonds is 4. The highest BCUT2D eigenvalue weighted by Gasteiger charge is 2.07. The smallest absolute Gasteiger partial charge is 0.188 e. The Morgan fingerprint density at radius 2 is 2.10 bits per heavy atom. The minimum Gasteiger partial charge on any atom is -0.494 e. The van der Waals surface area contributed by atoms with E-state index in [1.54, 1.807) is 11.3 Å². The fourth-order valence-electron chi connectivity index (χ4n) is 2.06. The summed E-state index contributed by atoms with van der Waals surface area (Å²) in [5, 5.41) is 4.25. The molecule has 0 spiro atoms. The Morgan fingerprint density at radius 1 is 1.24 bits per heavy atom. The molecule has 3 aromatic rings. The summed E-state index contributed by atoms with van der Waals surface area (Å²) in [4.78, 5) is 4.61. The molecule has 0 unspecified atom stereocenters. The lowest BCUT2D eigenvalue weighted by atomic mass is 10.2. The number of thiazole rings is 1. The van der Waals surface area contributed by atoms with Crippen molar-refractivity contribution in [1.29, 1.82) is 0 Å². The first-order valence-electron chi connectivity index (χ1n) is 6.72. The van der Waals surface area contributed by atoms with Gasteiger partial charge in [0.15, 0.2) is 5.13 Å². The van der Waals surface area contributed by atoms with E-state index in [1.165, 1.54) is 5.56 Å². The van der Waals surface area contributed by atoms with Crippen LogP contribution in [0.25, 0.3) is 10.2 Å². The van der Waals surface area contributed by atoms with Crippen molar-refractivity contribution in [2.24, 2.45) is 0 Å². The Balaban J connectivity index is 1.92. The van der Waals surface area contributed by atoms with Crippen molar-refractivity contribution in [3.63, 3.8) is 0 Å². The standard InChI is InChI=1S/C16H15BrN2OS/c1-3-20-11-5-7-13-15(9-11)21-16(18-13)19-14-8-10(2)4-6-12(14)17/h4-9H,3H2,1-2H3,(H,18,19). The van der Waals surface area contributed by atoms with Gasteiger partial charge in [0, 0.05) is 4.47 Å². The molecular weight excluding hydrogens is 348 g/mol. The number of halogens is 1. The lowest BCUT2D eigenvalue weighted by molar-refractivity contribution is 0.341. The normalized spacial score (nSPS) is 10.8. The fourth-order valence-corrected chi connectivity index (χ4v) is 3.32. The third kappa shape index (κ3) is 3.19. The van der Waals surface area contributed by atoms with Crippen LogP contribution in [0.2, 0.25) is 0 Å². The molecule has 0 amide bonds. The van der Waals surface area contributed by atoms with E-state index in [0.29, 0.717) is 6.61 Å². The van der Waals surface area contributed by atoms with Crippen molar-refractivity contribution in [2.45, 2.75) is 13.8 Å². The summed E-state index contributed by atoms with van der Waals surface area (Å²) >= 11 is 5.18. The maximum atomic E-state index is 5.53. The van der Waals surface area contributed by atoms with Gasteiger partial charge in [-0.3, -0.25) is 0 Å². The first kappa shape index (κ1) is 14.4. The minimum absolute atomic E-state index is 0.672. The quantitative estimate of drug-likeness (QED) is 0.664. The van der Waals surface area contributed by atoms with Crippen molar-refractivity contribution in [3.8, 4) is 5.75 Å². The van der Waals surface area contributed by atoms with Gasteiger partial charge in [0.25, 0.3) is 0 Å². The van der Waals surface area contributed by atoms with Crippen LogP contribution in [0, 0.1) is 6.92 Å². The van der Waals surface area contributed by atoms with Crippen LogP contribution in [0.4, 0.5) is 10.8 Å². The summed E-state index contributed by atoms with van der Waals surface area (Å²) in [6.07, 6.45) is 0. The van der Waals surface area contributed by atoms with Gasteiger partial charge in [-0.25, -0.2) is 4.98 Å². The summed E-state index contributed by atoms with van der Waals surface area (Å²) in [5.41, 5.74) is 3.22. The maximum Gasteiger partial charge on any atom is 0.188 e. The SMILES string of the molecule is CCOc1ccc2nc(Nc3cc(C)ccc3Br)sc2c1. The lowest BCUT2D eigenvalue weighted by Gasteiger charge is -2.06. The van der Waals surface area contributed by atoms with Gasteiger partial charge in [-0.1, -0.05) is 17.4 Å². The number of nitrogens with zero attached hydrogens (tertiary/aromatic N) is 1. The summed E-state index contributed by atoms with van der Waals surface area (Å²) in [6.45, 7) is 4.73. The maximum absolute atomic E-state index is 5.53. The molecule has 108 valence electrons. The number of anilines is 2. The third-order valence-electron chi connectivity index (χ3n) is 3.03. The molecule has 21 heavy (non-hydrogen) atoms. The molecule has 1 aromatic heterocycles. The predicted molar refractivity (Wildman–Crippen MR) is 93.0 cm³/mol. The molecule has 0 aliphatic carbocycles. The van der Waals surface area contributed by atoms with E-state index in [1.807, 2.05) is 31.2 Å². The highest BCUT2D eigenvalue weighted by Crippen LogP contribution is 2.33. The van der Waals surface area contributed by atoms with Crippen molar-refractivity contribution >= 4 is 48.3 Å². The summed E-state index contributed by atoms with van der Waals surface area (Å²) < 4.78 is 7.68. The number of aromatic nitrogens is 1. The van der Waals surface area contributed by atoms with Crippen LogP contribution in [-0.2, 0) is 0 Å². The highest BCUT2D eigenvalue weighted by molar-refractivity contribution is 9.10. The monoisotopic (exact) mass is 362 g/mol. The average molecular weight is 363 g/mol. The van der Waals surface area contributed by atoms with Crippen LogP contribution in [0.1, 0.15) is 12.5 Å². The van der Waals surface area contributed by atoms with Crippen molar-refractivity contribution in [2.75, 3.05) is 11.9 Å². The fraction of sp³-hybridized carbons (Fsp3) is 0.188. The Labute approximate surface area is 136 Å². The molecule has 0 aliphatic heterocycles. The molecule has 2 aromatic carbocycles. The largest absolute Gasteiger partial charge is 0.494 e. The number of hydrogen-bond donors (Lipinski definition) is 1. The molecule has 3 nitrogen and oxygen atoms in total. The second kappa shape index (κ2) is 6.03. The van der Waals surface area contributed by atoms with E-state index in [4.69, 9.17) is 4.74 Å². The Bertz CT molecular complexity index is 785. The lowest BCUT2D eigenvalue weighted by Crippen LogP contribution is -1.91. The summed E-state index contributed by atoms with van der Waals surface area (Å²) in [6, 6.07) is 12.2. The van der Waals surface area contributed by atoms with Crippen molar-refractivity contribution < 1.29 is 4.74 Å². The molecule has 0 saturated heterocycles. The summed E-state index contributed by atoms with van der Waals surface area (Å²) in [5.74, 6) is 0.886. The molecule has 0 radical (unpaired) electrons. The average Bonchev–Trinajstić information content (AvgIpc) is 2.85. The van der Waals surface area contributed by atoms with Gasteiger partial charge >= 0.3 is 0 Å². The second-order valence-corrected chi connectivity index (χ2v) is 6.57. The van der Waals surface area contributed by atoms with E-state index in [-0.39, 0.29) is 0 Å². The van der Waals surface area contributed by atoms with Crippen LogP contribution in [-0.4, -0.2) is 11.6 Å². The second-order valence-electron chi connectivity index (χ2n) is 4.69. The molecule has 3 rings (SSSR count). The van der Waals surface area contributed by atoms with Crippen LogP contribution in [0.5, 0.6) is 5.75 Å². The van der Waals surface area contributed by atoms with Gasteiger partial charge in [0.1, 0.15) is 5.75 Å². The number of ether oxygens (including phenoxy) is 1. The summed E-state index contributed by atoms with van der Waals surface area (Å²) in [7, 11) is 0. The van der Waals surface area contributed by atoms with E-state index < -0.39 is 0 Å². The van der Waals surface area contributed by atoms with E-state index in [0.717, 1.165) is 31.3 Å². The van der Waals surface area contributed by atoms with Gasteiger partial charge in [-0.2, -0.15) is 0 Å². The van der Waals surface area contributed by atoms with Crippen LogP contribution in [0.3, 0.4) is 0 Å². The molecule has 0 atom stereocenters. The number of nitrogens with one attached hydrogen (secondary N) is 1. The Hall–Kier alpha value is -1.59. The highest BCUT2D eigenvalue weighted by atomic mass is 79.9. The van der Waals surface area contributed by atoms with Gasteiger partial charge in [-0.05, 0) is 65.7 Å². The Kier molecular flexibility index (Phi) is 4.12. The number of aryl methyl sites for hydroxylation is 1. The van der Waals surface area contributed by atoms with Gasteiger partial charge in [-0.15, -0.1) is 0 Å². The molecule has 0 bridgehead atoms. The number of fused-ring (bicyclic) bond motifs is 1. The zero-order valence-electron chi connectivity index (χ0n) is 11.8.